The molecule has 0 saturated carbocycles. The van der Waals surface area contributed by atoms with Crippen molar-refractivity contribution in [1.29, 1.82) is 0 Å². The number of halogens is 3. The van der Waals surface area contributed by atoms with E-state index in [1.807, 2.05) is 0 Å². The molecule has 20 heavy (non-hydrogen) atoms. The molecule has 3 nitrogen and oxygen atoms in total. The van der Waals surface area contributed by atoms with Crippen LogP contribution in [0.5, 0.6) is 5.75 Å². The van der Waals surface area contributed by atoms with Crippen molar-refractivity contribution in [2.24, 2.45) is 0 Å². The van der Waals surface area contributed by atoms with Crippen molar-refractivity contribution in [3.63, 3.8) is 0 Å². The molecule has 3 rings (SSSR count). The van der Waals surface area contributed by atoms with Crippen molar-refractivity contribution in [3.05, 3.63) is 39.4 Å². The Morgan fingerprint density at radius 2 is 2.00 bits per heavy atom. The highest BCUT2D eigenvalue weighted by molar-refractivity contribution is 6.32. The molecule has 0 unspecified atom stereocenters. The van der Waals surface area contributed by atoms with Crippen LogP contribution in [0.15, 0.2) is 12.1 Å². The minimum absolute atomic E-state index is 0.224. The average molecular weight is 315 g/mol. The fraction of sp³-hybridized carbons (Fsp3) is 0.357. The smallest absolute Gasteiger partial charge is 0.150 e. The van der Waals surface area contributed by atoms with Crippen LogP contribution in [0.1, 0.15) is 24.1 Å². The summed E-state index contributed by atoms with van der Waals surface area (Å²) in [6.45, 7) is 0. The van der Waals surface area contributed by atoms with Gasteiger partial charge in [0.15, 0.2) is 5.82 Å². The summed E-state index contributed by atoms with van der Waals surface area (Å²) in [5.41, 5.74) is 2.23. The van der Waals surface area contributed by atoms with E-state index in [9.17, 15) is 4.39 Å². The maximum Gasteiger partial charge on any atom is 0.150 e. The quantitative estimate of drug-likeness (QED) is 0.830. The maximum absolute atomic E-state index is 14.1. The molecule has 0 N–H and O–H groups in total. The number of aryl methyl sites for hydroxylation is 1. The van der Waals surface area contributed by atoms with E-state index in [2.05, 4.69) is 5.10 Å². The molecule has 0 radical (unpaired) electrons. The van der Waals surface area contributed by atoms with Gasteiger partial charge in [-0.15, -0.1) is 0 Å². The Morgan fingerprint density at radius 1 is 1.25 bits per heavy atom. The molecule has 0 bridgehead atoms. The van der Waals surface area contributed by atoms with E-state index in [1.165, 1.54) is 23.9 Å². The molecule has 0 saturated heterocycles. The second-order valence-electron chi connectivity index (χ2n) is 4.77. The molecule has 0 aliphatic heterocycles. The third-order valence-electron chi connectivity index (χ3n) is 3.54. The summed E-state index contributed by atoms with van der Waals surface area (Å²) in [5, 5.41) is 5.13. The third kappa shape index (κ3) is 2.17. The van der Waals surface area contributed by atoms with Crippen molar-refractivity contribution in [3.8, 4) is 11.4 Å². The second-order valence-corrected chi connectivity index (χ2v) is 5.54. The van der Waals surface area contributed by atoms with Crippen LogP contribution < -0.4 is 4.74 Å². The van der Waals surface area contributed by atoms with Crippen molar-refractivity contribution in [2.75, 3.05) is 7.11 Å². The Kier molecular flexibility index (Phi) is 3.61. The van der Waals surface area contributed by atoms with Crippen LogP contribution in [-0.2, 0) is 12.8 Å². The van der Waals surface area contributed by atoms with Gasteiger partial charge in [0.2, 0.25) is 0 Å². The molecule has 0 fully saturated rings. The summed E-state index contributed by atoms with van der Waals surface area (Å²) >= 11 is 12.2. The van der Waals surface area contributed by atoms with Crippen LogP contribution >= 0.6 is 23.2 Å². The molecule has 1 heterocycles. The summed E-state index contributed by atoms with van der Waals surface area (Å²) in [6.07, 6.45) is 3.95. The number of methoxy groups -OCH3 is 1. The van der Waals surface area contributed by atoms with Crippen LogP contribution in [0, 0.1) is 5.82 Å². The molecular formula is C14H13Cl2FN2O. The zero-order valence-corrected chi connectivity index (χ0v) is 12.4. The van der Waals surface area contributed by atoms with Gasteiger partial charge < -0.3 is 4.74 Å². The van der Waals surface area contributed by atoms with Crippen molar-refractivity contribution in [2.45, 2.75) is 25.7 Å². The number of hydrogen-bond acceptors (Lipinski definition) is 2. The van der Waals surface area contributed by atoms with Crippen LogP contribution in [0.3, 0.4) is 0 Å². The fourth-order valence-electron chi connectivity index (χ4n) is 2.51. The van der Waals surface area contributed by atoms with Crippen LogP contribution in [0.2, 0.25) is 10.2 Å². The van der Waals surface area contributed by atoms with Gasteiger partial charge in [-0.2, -0.15) is 5.10 Å². The molecule has 6 heteroatoms. The lowest BCUT2D eigenvalue weighted by Crippen LogP contribution is -2.02. The molecule has 1 aliphatic rings. The van der Waals surface area contributed by atoms with Crippen molar-refractivity contribution >= 4 is 23.2 Å². The highest BCUT2D eigenvalue weighted by atomic mass is 35.5. The Morgan fingerprint density at radius 3 is 2.70 bits per heavy atom. The van der Waals surface area contributed by atoms with E-state index < -0.39 is 5.82 Å². The summed E-state index contributed by atoms with van der Waals surface area (Å²) in [4.78, 5) is 0. The van der Waals surface area contributed by atoms with Gasteiger partial charge in [-0.05, 0) is 31.7 Å². The highest BCUT2D eigenvalue weighted by Crippen LogP contribution is 2.34. The fourth-order valence-corrected chi connectivity index (χ4v) is 3.07. The Labute approximate surface area is 126 Å². The topological polar surface area (TPSA) is 27.1 Å². The summed E-state index contributed by atoms with van der Waals surface area (Å²) in [7, 11) is 1.48. The Bertz CT molecular complexity index is 670. The third-order valence-corrected chi connectivity index (χ3v) is 4.23. The molecule has 0 amide bonds. The van der Waals surface area contributed by atoms with E-state index in [1.54, 1.807) is 0 Å². The van der Waals surface area contributed by atoms with E-state index in [4.69, 9.17) is 27.9 Å². The molecule has 106 valence electrons. The predicted octanol–water partition coefficient (Wildman–Crippen LogP) is 4.21. The van der Waals surface area contributed by atoms with Gasteiger partial charge in [0.25, 0.3) is 0 Å². The van der Waals surface area contributed by atoms with Gasteiger partial charge in [0.1, 0.15) is 16.6 Å². The number of nitrogens with zero attached hydrogens (tertiary/aromatic N) is 2. The molecule has 0 spiro atoms. The lowest BCUT2D eigenvalue weighted by atomic mass is 9.99. The van der Waals surface area contributed by atoms with E-state index in [0.717, 1.165) is 36.9 Å². The lowest BCUT2D eigenvalue weighted by molar-refractivity contribution is 0.413. The van der Waals surface area contributed by atoms with Gasteiger partial charge in [-0.25, -0.2) is 9.07 Å². The standard InChI is InChI=1S/C14H13Cl2FN2O/c1-20-13-7-12(10(17)6-9(13)15)19-14(16)8-4-2-3-5-11(8)18-19/h6-7H,2-5H2,1H3. The van der Waals surface area contributed by atoms with E-state index in [0.29, 0.717) is 10.9 Å². The Hall–Kier alpha value is -1.26. The number of hydrogen-bond donors (Lipinski definition) is 0. The summed E-state index contributed by atoms with van der Waals surface area (Å²) in [6, 6.07) is 2.73. The van der Waals surface area contributed by atoms with Crippen LogP contribution in [0.4, 0.5) is 4.39 Å². The predicted molar refractivity (Wildman–Crippen MR) is 76.7 cm³/mol. The first-order valence-electron chi connectivity index (χ1n) is 6.41. The first-order chi connectivity index (χ1) is 9.61. The molecule has 1 aromatic heterocycles. The van der Waals surface area contributed by atoms with Crippen LogP contribution in [-0.4, -0.2) is 16.9 Å². The number of fused-ring (bicyclic) bond motifs is 1. The Balaban J connectivity index is 2.16. The monoisotopic (exact) mass is 314 g/mol. The van der Waals surface area contributed by atoms with E-state index >= 15 is 0 Å². The number of rotatable bonds is 2. The minimum atomic E-state index is -0.474. The van der Waals surface area contributed by atoms with Gasteiger partial charge in [-0.3, -0.25) is 0 Å². The summed E-state index contributed by atoms with van der Waals surface area (Å²) < 4.78 is 20.7. The number of ether oxygens (including phenoxy) is 1. The van der Waals surface area contributed by atoms with Gasteiger partial charge in [0.05, 0.1) is 17.8 Å². The number of aromatic nitrogens is 2. The average Bonchev–Trinajstić information content (AvgIpc) is 2.77. The zero-order chi connectivity index (χ0) is 14.3. The second kappa shape index (κ2) is 5.26. The van der Waals surface area contributed by atoms with Crippen molar-refractivity contribution in [1.82, 2.24) is 9.78 Å². The molecule has 0 atom stereocenters. The van der Waals surface area contributed by atoms with Gasteiger partial charge >= 0.3 is 0 Å². The molecule has 1 aliphatic carbocycles. The zero-order valence-electron chi connectivity index (χ0n) is 10.9. The van der Waals surface area contributed by atoms with E-state index in [-0.39, 0.29) is 10.7 Å². The summed E-state index contributed by atoms with van der Waals surface area (Å²) in [5.74, 6) is -0.0786. The minimum Gasteiger partial charge on any atom is -0.495 e. The van der Waals surface area contributed by atoms with Gasteiger partial charge in [0, 0.05) is 11.6 Å². The van der Waals surface area contributed by atoms with Crippen LogP contribution in [0.25, 0.3) is 5.69 Å². The maximum atomic E-state index is 14.1. The normalized spacial score (nSPS) is 14.2. The lowest BCUT2D eigenvalue weighted by Gasteiger charge is -2.09. The molecule has 1 aromatic carbocycles. The SMILES string of the molecule is COc1cc(-n2nc3c(c2Cl)CCCC3)c(F)cc1Cl. The number of benzene rings is 1. The molecular weight excluding hydrogens is 302 g/mol. The first-order valence-corrected chi connectivity index (χ1v) is 7.17. The first kappa shape index (κ1) is 13.7. The highest BCUT2D eigenvalue weighted by Gasteiger charge is 2.22. The van der Waals surface area contributed by atoms with Gasteiger partial charge in [-0.1, -0.05) is 23.2 Å². The van der Waals surface area contributed by atoms with Crippen molar-refractivity contribution < 1.29 is 9.13 Å². The largest absolute Gasteiger partial charge is 0.495 e. The molecule has 2 aromatic rings.